The second-order valence-corrected chi connectivity index (χ2v) is 8.06. The maximum atomic E-state index is 14.0. The molecular formula is C15H23FN2O2S. The normalized spacial score (nSPS) is 26.8. The third-order valence-electron chi connectivity index (χ3n) is 4.11. The topological polar surface area (TPSA) is 72.2 Å². The molecule has 1 aliphatic carbocycles. The van der Waals surface area contributed by atoms with Crippen molar-refractivity contribution >= 4 is 15.7 Å². The van der Waals surface area contributed by atoms with Crippen molar-refractivity contribution in [2.75, 3.05) is 5.73 Å². The SMILES string of the molecule is Cc1cc(F)c(S(=O)(=O)NC2CC(C)CC(C)C2)cc1N. The van der Waals surface area contributed by atoms with E-state index in [9.17, 15) is 12.8 Å². The number of halogens is 1. The van der Waals surface area contributed by atoms with Crippen LogP contribution in [0.15, 0.2) is 17.0 Å². The van der Waals surface area contributed by atoms with Crippen LogP contribution in [0.25, 0.3) is 0 Å². The van der Waals surface area contributed by atoms with E-state index in [1.165, 1.54) is 6.07 Å². The van der Waals surface area contributed by atoms with E-state index in [2.05, 4.69) is 18.6 Å². The third kappa shape index (κ3) is 3.74. The molecule has 2 atom stereocenters. The highest BCUT2D eigenvalue weighted by Crippen LogP contribution is 2.30. The van der Waals surface area contributed by atoms with E-state index < -0.39 is 15.8 Å². The van der Waals surface area contributed by atoms with Crippen molar-refractivity contribution in [2.24, 2.45) is 11.8 Å². The van der Waals surface area contributed by atoms with Crippen LogP contribution in [0.5, 0.6) is 0 Å². The Morgan fingerprint density at radius 1 is 1.19 bits per heavy atom. The minimum absolute atomic E-state index is 0.143. The van der Waals surface area contributed by atoms with Gasteiger partial charge >= 0.3 is 0 Å². The molecule has 1 fully saturated rings. The predicted octanol–water partition coefficient (Wildman–Crippen LogP) is 2.82. The summed E-state index contributed by atoms with van der Waals surface area (Å²) in [6, 6.07) is 2.22. The number of benzene rings is 1. The molecule has 1 aromatic carbocycles. The average Bonchev–Trinajstić information content (AvgIpc) is 2.31. The first-order chi connectivity index (χ1) is 9.69. The number of sulfonamides is 1. The Morgan fingerprint density at radius 3 is 2.33 bits per heavy atom. The Kier molecular flexibility index (Phi) is 4.58. The summed E-state index contributed by atoms with van der Waals surface area (Å²) in [4.78, 5) is -0.364. The first-order valence-corrected chi connectivity index (χ1v) is 8.75. The van der Waals surface area contributed by atoms with Crippen LogP contribution < -0.4 is 10.5 Å². The van der Waals surface area contributed by atoms with E-state index >= 15 is 0 Å². The first-order valence-electron chi connectivity index (χ1n) is 7.27. The molecule has 0 heterocycles. The molecule has 6 heteroatoms. The zero-order valence-corrected chi connectivity index (χ0v) is 13.5. The monoisotopic (exact) mass is 314 g/mol. The van der Waals surface area contributed by atoms with Crippen LogP contribution in [0.2, 0.25) is 0 Å². The Hall–Kier alpha value is -1.14. The molecule has 0 aliphatic heterocycles. The maximum Gasteiger partial charge on any atom is 0.243 e. The first kappa shape index (κ1) is 16.2. The Bertz CT molecular complexity index is 621. The zero-order valence-electron chi connectivity index (χ0n) is 12.7. The Labute approximate surface area is 126 Å². The fourth-order valence-corrected chi connectivity index (χ4v) is 4.56. The summed E-state index contributed by atoms with van der Waals surface area (Å²) >= 11 is 0. The molecule has 3 N–H and O–H groups in total. The number of nitrogen functional groups attached to an aromatic ring is 1. The van der Waals surface area contributed by atoms with Gasteiger partial charge in [-0.3, -0.25) is 0 Å². The lowest BCUT2D eigenvalue weighted by Gasteiger charge is -2.31. The molecule has 1 aliphatic rings. The molecule has 21 heavy (non-hydrogen) atoms. The summed E-state index contributed by atoms with van der Waals surface area (Å²) in [6.07, 6.45) is 2.67. The predicted molar refractivity (Wildman–Crippen MR) is 81.8 cm³/mol. The summed E-state index contributed by atoms with van der Waals surface area (Å²) in [5.41, 5.74) is 6.52. The minimum Gasteiger partial charge on any atom is -0.398 e. The summed E-state index contributed by atoms with van der Waals surface area (Å²) < 4.78 is 41.4. The Balaban J connectivity index is 2.24. The highest BCUT2D eigenvalue weighted by atomic mass is 32.2. The number of hydrogen-bond acceptors (Lipinski definition) is 3. The van der Waals surface area contributed by atoms with E-state index in [0.29, 0.717) is 17.4 Å². The van der Waals surface area contributed by atoms with Crippen LogP contribution >= 0.6 is 0 Å². The fraction of sp³-hybridized carbons (Fsp3) is 0.600. The highest BCUT2D eigenvalue weighted by molar-refractivity contribution is 7.89. The molecule has 0 radical (unpaired) electrons. The standard InChI is InChI=1S/C15H23FN2O2S/c1-9-4-10(2)6-12(5-9)18-21(19,20)15-8-14(17)11(3)7-13(15)16/h7-10,12,18H,4-6,17H2,1-3H3. The summed E-state index contributed by atoms with van der Waals surface area (Å²) in [5, 5.41) is 0. The van der Waals surface area contributed by atoms with Gasteiger partial charge in [-0.2, -0.15) is 0 Å². The van der Waals surface area contributed by atoms with E-state index in [1.807, 2.05) is 0 Å². The van der Waals surface area contributed by atoms with Crippen LogP contribution in [0.4, 0.5) is 10.1 Å². The quantitative estimate of drug-likeness (QED) is 0.843. The number of aryl methyl sites for hydroxylation is 1. The molecule has 2 rings (SSSR count). The van der Waals surface area contributed by atoms with Gasteiger partial charge in [-0.05, 0) is 55.7 Å². The maximum absolute atomic E-state index is 14.0. The van der Waals surface area contributed by atoms with Crippen molar-refractivity contribution in [3.8, 4) is 0 Å². The van der Waals surface area contributed by atoms with Gasteiger partial charge in [0.1, 0.15) is 10.7 Å². The molecule has 0 saturated heterocycles. The van der Waals surface area contributed by atoms with Crippen molar-refractivity contribution in [2.45, 2.75) is 51.0 Å². The van der Waals surface area contributed by atoms with Crippen molar-refractivity contribution in [1.82, 2.24) is 4.72 Å². The molecule has 0 spiro atoms. The minimum atomic E-state index is -3.88. The van der Waals surface area contributed by atoms with E-state index in [1.54, 1.807) is 6.92 Å². The van der Waals surface area contributed by atoms with Crippen LogP contribution in [-0.4, -0.2) is 14.5 Å². The smallest absolute Gasteiger partial charge is 0.243 e. The van der Waals surface area contributed by atoms with Gasteiger partial charge < -0.3 is 5.73 Å². The molecule has 0 aromatic heterocycles. The van der Waals surface area contributed by atoms with Gasteiger partial charge in [-0.25, -0.2) is 17.5 Å². The number of nitrogens with one attached hydrogen (secondary N) is 1. The Morgan fingerprint density at radius 2 is 1.76 bits per heavy atom. The second kappa shape index (κ2) is 5.93. The third-order valence-corrected chi connectivity index (χ3v) is 5.65. The van der Waals surface area contributed by atoms with Gasteiger partial charge in [0.05, 0.1) is 0 Å². The highest BCUT2D eigenvalue weighted by Gasteiger charge is 2.29. The van der Waals surface area contributed by atoms with Gasteiger partial charge in [0.15, 0.2) is 0 Å². The van der Waals surface area contributed by atoms with Gasteiger partial charge in [0.2, 0.25) is 10.0 Å². The second-order valence-electron chi connectivity index (χ2n) is 6.37. The molecule has 118 valence electrons. The van der Waals surface area contributed by atoms with Gasteiger partial charge in [0.25, 0.3) is 0 Å². The molecule has 2 unspecified atom stereocenters. The number of nitrogens with two attached hydrogens (primary N) is 1. The number of anilines is 1. The van der Waals surface area contributed by atoms with Gasteiger partial charge in [0, 0.05) is 11.7 Å². The lowest BCUT2D eigenvalue weighted by Crippen LogP contribution is -2.40. The number of rotatable bonds is 3. The van der Waals surface area contributed by atoms with Crippen LogP contribution in [0, 0.1) is 24.6 Å². The van der Waals surface area contributed by atoms with Gasteiger partial charge in [-0.15, -0.1) is 0 Å². The van der Waals surface area contributed by atoms with Crippen molar-refractivity contribution in [3.63, 3.8) is 0 Å². The summed E-state index contributed by atoms with van der Waals surface area (Å²) in [5.74, 6) is 0.176. The van der Waals surface area contributed by atoms with Crippen molar-refractivity contribution < 1.29 is 12.8 Å². The summed E-state index contributed by atoms with van der Waals surface area (Å²) in [6.45, 7) is 5.87. The van der Waals surface area contributed by atoms with Crippen LogP contribution in [0.3, 0.4) is 0 Å². The molecular weight excluding hydrogens is 291 g/mol. The average molecular weight is 314 g/mol. The van der Waals surface area contributed by atoms with E-state index in [0.717, 1.165) is 25.3 Å². The van der Waals surface area contributed by atoms with Crippen molar-refractivity contribution in [1.29, 1.82) is 0 Å². The molecule has 1 aromatic rings. The largest absolute Gasteiger partial charge is 0.398 e. The molecule has 0 bridgehead atoms. The lowest BCUT2D eigenvalue weighted by molar-refractivity contribution is 0.257. The zero-order chi connectivity index (χ0) is 15.8. The molecule has 4 nitrogen and oxygen atoms in total. The fourth-order valence-electron chi connectivity index (χ4n) is 3.20. The number of hydrogen-bond donors (Lipinski definition) is 2. The van der Waals surface area contributed by atoms with E-state index in [-0.39, 0.29) is 16.6 Å². The van der Waals surface area contributed by atoms with Crippen molar-refractivity contribution in [3.05, 3.63) is 23.5 Å². The molecule has 0 amide bonds. The van der Waals surface area contributed by atoms with Gasteiger partial charge in [-0.1, -0.05) is 13.8 Å². The summed E-state index contributed by atoms with van der Waals surface area (Å²) in [7, 11) is -3.88. The van der Waals surface area contributed by atoms with Crippen LogP contribution in [-0.2, 0) is 10.0 Å². The van der Waals surface area contributed by atoms with Crippen LogP contribution in [0.1, 0.15) is 38.7 Å². The lowest BCUT2D eigenvalue weighted by atomic mass is 9.81. The molecule has 1 saturated carbocycles. The van der Waals surface area contributed by atoms with E-state index in [4.69, 9.17) is 5.73 Å².